The molecule has 2 fully saturated rings. The monoisotopic (exact) mass is 229 g/mol. The lowest BCUT2D eigenvalue weighted by Gasteiger charge is -2.28. The summed E-state index contributed by atoms with van der Waals surface area (Å²) >= 11 is 0. The van der Waals surface area contributed by atoms with Crippen LogP contribution < -0.4 is 0 Å². The summed E-state index contributed by atoms with van der Waals surface area (Å²) < 4.78 is 4.92. The quantitative estimate of drug-likeness (QED) is 0.468. The molecule has 0 aromatic heterocycles. The molecule has 0 bridgehead atoms. The second kappa shape index (κ2) is 3.43. The largest absolute Gasteiger partial charge is 0.464 e. The van der Waals surface area contributed by atoms with Crippen LogP contribution in [-0.4, -0.2) is 51.5 Å². The Balaban J connectivity index is 2.30. The lowest BCUT2D eigenvalue weighted by atomic mass is 9.92. The minimum absolute atomic E-state index is 0.162. The normalized spacial score (nSPS) is 31.7. The van der Waals surface area contributed by atoms with Gasteiger partial charge in [-0.2, -0.15) is 0 Å². The molecule has 6 nitrogen and oxygen atoms in total. The molecule has 2 saturated heterocycles. The molecule has 16 heavy (non-hydrogen) atoms. The first-order chi connectivity index (χ1) is 7.41. The van der Waals surface area contributed by atoms with Gasteiger partial charge in [-0.15, -0.1) is 0 Å². The van der Waals surface area contributed by atoms with E-state index in [9.17, 15) is 19.8 Å². The molecule has 0 saturated carbocycles. The van der Waals surface area contributed by atoms with E-state index in [2.05, 4.69) is 0 Å². The number of hydrogen-bond donors (Lipinski definition) is 2. The molecule has 0 spiro atoms. The summed E-state index contributed by atoms with van der Waals surface area (Å²) in [5.74, 6) is -2.74. The first-order valence-corrected chi connectivity index (χ1v) is 5.34. The van der Waals surface area contributed by atoms with E-state index in [4.69, 9.17) is 4.74 Å². The summed E-state index contributed by atoms with van der Waals surface area (Å²) in [6.45, 7) is 1.67. The fourth-order valence-corrected chi connectivity index (χ4v) is 2.57. The molecule has 90 valence electrons. The van der Waals surface area contributed by atoms with Gasteiger partial charge in [0.2, 0.25) is 5.91 Å². The number of carbonyl (C=O) groups excluding carboxylic acids is 2. The molecule has 6 heteroatoms. The fraction of sp³-hybridized carbons (Fsp3) is 0.800. The lowest BCUT2D eigenvalue weighted by molar-refractivity contribution is -0.162. The predicted octanol–water partition coefficient (Wildman–Crippen LogP) is -1.00. The van der Waals surface area contributed by atoms with Gasteiger partial charge in [-0.1, -0.05) is 0 Å². The van der Waals surface area contributed by atoms with Crippen LogP contribution in [0.25, 0.3) is 0 Å². The zero-order valence-electron chi connectivity index (χ0n) is 9.10. The number of ether oxygens (including phenoxy) is 1. The fourth-order valence-electron chi connectivity index (χ4n) is 2.57. The van der Waals surface area contributed by atoms with Crippen molar-refractivity contribution in [1.82, 2.24) is 4.90 Å². The summed E-state index contributed by atoms with van der Waals surface area (Å²) in [7, 11) is 0. The van der Waals surface area contributed by atoms with E-state index in [1.54, 1.807) is 6.92 Å². The molecule has 0 aromatic rings. The van der Waals surface area contributed by atoms with Gasteiger partial charge < -0.3 is 19.8 Å². The van der Waals surface area contributed by atoms with Crippen LogP contribution >= 0.6 is 0 Å². The second-order valence-corrected chi connectivity index (χ2v) is 4.39. The highest BCUT2D eigenvalue weighted by molar-refractivity contribution is 5.92. The SMILES string of the molecule is CCOC(=O)C12CCC(=O)N1CC(O)(O)C2. The Bertz CT molecular complexity index is 340. The van der Waals surface area contributed by atoms with Crippen molar-refractivity contribution < 1.29 is 24.5 Å². The number of nitrogens with zero attached hydrogens (tertiary/aromatic N) is 1. The van der Waals surface area contributed by atoms with Crippen molar-refractivity contribution >= 4 is 11.9 Å². The number of fused-ring (bicyclic) bond motifs is 1. The van der Waals surface area contributed by atoms with Crippen LogP contribution in [0.1, 0.15) is 26.2 Å². The van der Waals surface area contributed by atoms with Gasteiger partial charge in [0, 0.05) is 12.8 Å². The van der Waals surface area contributed by atoms with Crippen molar-refractivity contribution in [3.05, 3.63) is 0 Å². The number of hydrogen-bond acceptors (Lipinski definition) is 5. The van der Waals surface area contributed by atoms with Gasteiger partial charge in [0.25, 0.3) is 0 Å². The number of aliphatic hydroxyl groups is 2. The molecule has 2 aliphatic rings. The van der Waals surface area contributed by atoms with E-state index in [0.717, 1.165) is 0 Å². The average Bonchev–Trinajstić information content (AvgIpc) is 2.62. The molecule has 1 atom stereocenters. The van der Waals surface area contributed by atoms with Crippen molar-refractivity contribution in [2.75, 3.05) is 13.2 Å². The van der Waals surface area contributed by atoms with Gasteiger partial charge in [-0.3, -0.25) is 4.79 Å². The molecule has 2 aliphatic heterocycles. The second-order valence-electron chi connectivity index (χ2n) is 4.39. The molecule has 1 unspecified atom stereocenters. The van der Waals surface area contributed by atoms with E-state index >= 15 is 0 Å². The molecular formula is C10H15NO5. The highest BCUT2D eigenvalue weighted by Crippen LogP contribution is 2.43. The Morgan fingerprint density at radius 1 is 1.56 bits per heavy atom. The van der Waals surface area contributed by atoms with Crippen LogP contribution in [0.4, 0.5) is 0 Å². The minimum atomic E-state index is -1.98. The Morgan fingerprint density at radius 2 is 2.25 bits per heavy atom. The van der Waals surface area contributed by atoms with Crippen molar-refractivity contribution in [1.29, 1.82) is 0 Å². The minimum Gasteiger partial charge on any atom is -0.464 e. The third-order valence-electron chi connectivity index (χ3n) is 3.21. The van der Waals surface area contributed by atoms with Crippen molar-refractivity contribution in [3.63, 3.8) is 0 Å². The molecule has 2 N–H and O–H groups in total. The zero-order valence-corrected chi connectivity index (χ0v) is 9.10. The van der Waals surface area contributed by atoms with Crippen LogP contribution in [0, 0.1) is 0 Å². The van der Waals surface area contributed by atoms with Crippen molar-refractivity contribution in [2.45, 2.75) is 37.5 Å². The summed E-state index contributed by atoms with van der Waals surface area (Å²) in [5.41, 5.74) is -1.16. The summed E-state index contributed by atoms with van der Waals surface area (Å²) in [5, 5.41) is 19.1. The van der Waals surface area contributed by atoms with Gasteiger partial charge in [0.15, 0.2) is 5.79 Å². The predicted molar refractivity (Wildman–Crippen MR) is 52.1 cm³/mol. The van der Waals surface area contributed by atoms with E-state index in [1.807, 2.05) is 0 Å². The third kappa shape index (κ3) is 1.49. The smallest absolute Gasteiger partial charge is 0.332 e. The first-order valence-electron chi connectivity index (χ1n) is 5.34. The first kappa shape index (κ1) is 11.3. The van der Waals surface area contributed by atoms with Crippen LogP contribution in [0.15, 0.2) is 0 Å². The zero-order chi connectivity index (χ0) is 12.0. The molecule has 0 radical (unpaired) electrons. The van der Waals surface area contributed by atoms with Gasteiger partial charge in [-0.25, -0.2) is 4.79 Å². The van der Waals surface area contributed by atoms with E-state index in [-0.39, 0.29) is 31.9 Å². The third-order valence-corrected chi connectivity index (χ3v) is 3.21. The maximum absolute atomic E-state index is 11.8. The van der Waals surface area contributed by atoms with Crippen molar-refractivity contribution in [2.24, 2.45) is 0 Å². The molecular weight excluding hydrogens is 214 g/mol. The Morgan fingerprint density at radius 3 is 2.88 bits per heavy atom. The number of β-amino-alcohol motifs (C(OH)–C–C–N with tert-alkyl or cyclic N) is 2. The number of amides is 1. The number of carbonyl (C=O) groups is 2. The van der Waals surface area contributed by atoms with Crippen LogP contribution in [0.3, 0.4) is 0 Å². The van der Waals surface area contributed by atoms with Crippen LogP contribution in [0.2, 0.25) is 0 Å². The van der Waals surface area contributed by atoms with E-state index in [0.29, 0.717) is 6.42 Å². The molecule has 1 amide bonds. The Kier molecular flexibility index (Phi) is 2.43. The summed E-state index contributed by atoms with van der Waals surface area (Å²) in [6, 6.07) is 0. The van der Waals surface area contributed by atoms with Crippen molar-refractivity contribution in [3.8, 4) is 0 Å². The maximum atomic E-state index is 11.8. The summed E-state index contributed by atoms with van der Waals surface area (Å²) in [6.07, 6.45) is 0.396. The van der Waals surface area contributed by atoms with Crippen LogP contribution in [0.5, 0.6) is 0 Å². The standard InChI is InChI=1S/C10H15NO5/c1-2-16-8(13)9-4-3-7(12)11(9)6-10(14,15)5-9/h14-15H,2-6H2,1H3. The molecule has 2 rings (SSSR count). The Hall–Kier alpha value is -1.14. The summed E-state index contributed by atoms with van der Waals surface area (Å²) in [4.78, 5) is 24.6. The van der Waals surface area contributed by atoms with E-state index in [1.165, 1.54) is 4.90 Å². The molecule has 0 aliphatic carbocycles. The molecule has 2 heterocycles. The maximum Gasteiger partial charge on any atom is 0.332 e. The average molecular weight is 229 g/mol. The van der Waals surface area contributed by atoms with Crippen LogP contribution in [-0.2, 0) is 14.3 Å². The highest BCUT2D eigenvalue weighted by atomic mass is 16.5. The number of rotatable bonds is 2. The highest BCUT2D eigenvalue weighted by Gasteiger charge is 2.62. The van der Waals surface area contributed by atoms with Gasteiger partial charge in [0.1, 0.15) is 5.54 Å². The van der Waals surface area contributed by atoms with Gasteiger partial charge in [0.05, 0.1) is 13.2 Å². The van der Waals surface area contributed by atoms with Gasteiger partial charge in [-0.05, 0) is 13.3 Å². The molecule has 0 aromatic carbocycles. The van der Waals surface area contributed by atoms with Gasteiger partial charge >= 0.3 is 5.97 Å². The van der Waals surface area contributed by atoms with E-state index < -0.39 is 17.3 Å². The lowest BCUT2D eigenvalue weighted by Crippen LogP contribution is -2.48. The topological polar surface area (TPSA) is 87.1 Å². The number of esters is 1. The Labute approximate surface area is 92.8 Å².